The zero-order valence-corrected chi connectivity index (χ0v) is 13.9. The summed E-state index contributed by atoms with van der Waals surface area (Å²) in [4.78, 5) is 25.7. The summed E-state index contributed by atoms with van der Waals surface area (Å²) in [6.45, 7) is 5.32. The molecule has 0 unspecified atom stereocenters. The first-order valence-corrected chi connectivity index (χ1v) is 7.66. The summed E-state index contributed by atoms with van der Waals surface area (Å²) in [6.07, 6.45) is 0. The van der Waals surface area contributed by atoms with E-state index in [4.69, 9.17) is 9.47 Å². The average Bonchev–Trinajstić information content (AvgIpc) is 2.83. The highest BCUT2D eigenvalue weighted by Crippen LogP contribution is 2.29. The average molecular weight is 318 g/mol. The maximum atomic E-state index is 12.2. The predicted octanol–water partition coefficient (Wildman–Crippen LogP) is 3.84. The van der Waals surface area contributed by atoms with E-state index in [1.807, 2.05) is 19.9 Å². The summed E-state index contributed by atoms with van der Waals surface area (Å²) in [5.74, 6) is 0.772. The topological polar surface area (TPSA) is 52.6 Å². The SMILES string of the molecule is COc1cc(C(C)=O)ccc1OCC(=O)c1cc(C)sc1C. The van der Waals surface area contributed by atoms with E-state index >= 15 is 0 Å². The van der Waals surface area contributed by atoms with Gasteiger partial charge in [-0.25, -0.2) is 0 Å². The molecule has 0 atom stereocenters. The molecule has 0 saturated carbocycles. The van der Waals surface area contributed by atoms with Crippen LogP contribution >= 0.6 is 11.3 Å². The van der Waals surface area contributed by atoms with Gasteiger partial charge in [-0.1, -0.05) is 0 Å². The molecule has 0 amide bonds. The normalized spacial score (nSPS) is 10.4. The molecule has 0 spiro atoms. The van der Waals surface area contributed by atoms with Gasteiger partial charge >= 0.3 is 0 Å². The lowest BCUT2D eigenvalue weighted by molar-refractivity contribution is 0.0918. The Morgan fingerprint density at radius 1 is 1.14 bits per heavy atom. The van der Waals surface area contributed by atoms with Crippen molar-refractivity contribution in [3.63, 3.8) is 0 Å². The number of carbonyl (C=O) groups excluding carboxylic acids is 2. The maximum absolute atomic E-state index is 12.2. The lowest BCUT2D eigenvalue weighted by atomic mass is 10.1. The molecule has 0 radical (unpaired) electrons. The van der Waals surface area contributed by atoms with Crippen molar-refractivity contribution >= 4 is 22.9 Å². The number of benzene rings is 1. The van der Waals surface area contributed by atoms with Gasteiger partial charge in [-0.15, -0.1) is 11.3 Å². The number of ketones is 2. The Labute approximate surface area is 133 Å². The van der Waals surface area contributed by atoms with Crippen molar-refractivity contribution in [2.75, 3.05) is 13.7 Å². The van der Waals surface area contributed by atoms with Gasteiger partial charge in [0, 0.05) is 20.9 Å². The number of Topliss-reactive ketones (excluding diaryl/α,β-unsaturated/α-hetero) is 2. The second kappa shape index (κ2) is 6.75. The third kappa shape index (κ3) is 3.54. The number of methoxy groups -OCH3 is 1. The van der Waals surface area contributed by atoms with Crippen LogP contribution in [0.4, 0.5) is 0 Å². The zero-order chi connectivity index (χ0) is 16.3. The highest BCUT2D eigenvalue weighted by Gasteiger charge is 2.14. The van der Waals surface area contributed by atoms with E-state index in [9.17, 15) is 9.59 Å². The molecule has 1 heterocycles. The molecule has 0 saturated heterocycles. The van der Waals surface area contributed by atoms with Gasteiger partial charge < -0.3 is 9.47 Å². The first kappa shape index (κ1) is 16.2. The molecule has 116 valence electrons. The van der Waals surface area contributed by atoms with Crippen LogP contribution in [0.2, 0.25) is 0 Å². The van der Waals surface area contributed by atoms with E-state index in [1.165, 1.54) is 14.0 Å². The Kier molecular flexibility index (Phi) is 4.98. The van der Waals surface area contributed by atoms with Crippen molar-refractivity contribution in [1.29, 1.82) is 0 Å². The molecule has 0 bridgehead atoms. The van der Waals surface area contributed by atoms with Gasteiger partial charge in [-0.05, 0) is 45.0 Å². The minimum absolute atomic E-state index is 0.0506. The largest absolute Gasteiger partial charge is 0.493 e. The lowest BCUT2D eigenvalue weighted by Crippen LogP contribution is -2.12. The first-order chi connectivity index (χ1) is 10.4. The summed E-state index contributed by atoms with van der Waals surface area (Å²) < 4.78 is 10.8. The monoisotopic (exact) mass is 318 g/mol. The van der Waals surface area contributed by atoms with E-state index in [0.717, 1.165) is 9.75 Å². The Bertz CT molecular complexity index is 715. The van der Waals surface area contributed by atoms with Crippen molar-refractivity contribution in [3.8, 4) is 11.5 Å². The third-order valence-corrected chi connectivity index (χ3v) is 4.24. The quantitative estimate of drug-likeness (QED) is 0.759. The van der Waals surface area contributed by atoms with Crippen LogP contribution in [-0.4, -0.2) is 25.3 Å². The van der Waals surface area contributed by atoms with Crippen LogP contribution in [0.1, 0.15) is 37.4 Å². The molecule has 0 N–H and O–H groups in total. The summed E-state index contributed by atoms with van der Waals surface area (Å²) >= 11 is 1.59. The summed E-state index contributed by atoms with van der Waals surface area (Å²) in [5, 5.41) is 0. The second-order valence-electron chi connectivity index (χ2n) is 4.96. The molecule has 0 aliphatic heterocycles. The van der Waals surface area contributed by atoms with E-state index in [2.05, 4.69) is 0 Å². The van der Waals surface area contributed by atoms with Crippen LogP contribution in [-0.2, 0) is 0 Å². The van der Waals surface area contributed by atoms with Crippen LogP contribution in [0.25, 0.3) is 0 Å². The molecule has 0 aliphatic rings. The first-order valence-electron chi connectivity index (χ1n) is 6.84. The third-order valence-electron chi connectivity index (χ3n) is 3.27. The highest BCUT2D eigenvalue weighted by atomic mass is 32.1. The molecule has 0 fully saturated rings. The number of ether oxygens (including phenoxy) is 2. The maximum Gasteiger partial charge on any atom is 0.201 e. The van der Waals surface area contributed by atoms with Crippen molar-refractivity contribution in [3.05, 3.63) is 45.1 Å². The molecule has 5 heteroatoms. The van der Waals surface area contributed by atoms with Crippen molar-refractivity contribution in [1.82, 2.24) is 0 Å². The summed E-state index contributed by atoms with van der Waals surface area (Å²) in [7, 11) is 1.50. The van der Waals surface area contributed by atoms with E-state index in [0.29, 0.717) is 22.6 Å². The minimum Gasteiger partial charge on any atom is -0.493 e. The van der Waals surface area contributed by atoms with Gasteiger partial charge in [0.1, 0.15) is 0 Å². The molecule has 1 aromatic heterocycles. The molecular weight excluding hydrogens is 300 g/mol. The molecule has 2 aromatic rings. The Balaban J connectivity index is 2.12. The van der Waals surface area contributed by atoms with Crippen molar-refractivity contribution in [2.45, 2.75) is 20.8 Å². The van der Waals surface area contributed by atoms with Gasteiger partial charge in [0.15, 0.2) is 23.9 Å². The van der Waals surface area contributed by atoms with Gasteiger partial charge in [-0.3, -0.25) is 9.59 Å². The van der Waals surface area contributed by atoms with E-state index < -0.39 is 0 Å². The van der Waals surface area contributed by atoms with Crippen molar-refractivity contribution in [2.24, 2.45) is 0 Å². The van der Waals surface area contributed by atoms with E-state index in [1.54, 1.807) is 29.5 Å². The molecule has 0 aliphatic carbocycles. The number of rotatable bonds is 6. The standard InChI is InChI=1S/C17H18O4S/c1-10-7-14(12(3)22-10)15(19)9-21-16-6-5-13(11(2)18)8-17(16)20-4/h5-8H,9H2,1-4H3. The molecule has 22 heavy (non-hydrogen) atoms. The Morgan fingerprint density at radius 2 is 1.86 bits per heavy atom. The fourth-order valence-corrected chi connectivity index (χ4v) is 3.08. The number of hydrogen-bond donors (Lipinski definition) is 0. The van der Waals surface area contributed by atoms with Gasteiger partial charge in [0.25, 0.3) is 0 Å². The van der Waals surface area contributed by atoms with Crippen LogP contribution in [0.15, 0.2) is 24.3 Å². The number of hydrogen-bond acceptors (Lipinski definition) is 5. The second-order valence-corrected chi connectivity index (χ2v) is 6.42. The van der Waals surface area contributed by atoms with Gasteiger partial charge in [-0.2, -0.15) is 0 Å². The van der Waals surface area contributed by atoms with Gasteiger partial charge in [0.2, 0.25) is 5.78 Å². The fourth-order valence-electron chi connectivity index (χ4n) is 2.13. The molecule has 1 aromatic carbocycles. The van der Waals surface area contributed by atoms with Gasteiger partial charge in [0.05, 0.1) is 7.11 Å². The summed E-state index contributed by atoms with van der Waals surface area (Å²) in [5.41, 5.74) is 1.24. The predicted molar refractivity (Wildman–Crippen MR) is 86.6 cm³/mol. The smallest absolute Gasteiger partial charge is 0.201 e. The lowest BCUT2D eigenvalue weighted by Gasteiger charge is -2.11. The highest BCUT2D eigenvalue weighted by molar-refractivity contribution is 7.12. The molecule has 4 nitrogen and oxygen atoms in total. The number of carbonyl (C=O) groups is 2. The van der Waals surface area contributed by atoms with Crippen LogP contribution < -0.4 is 9.47 Å². The molecular formula is C17H18O4S. The van der Waals surface area contributed by atoms with Crippen LogP contribution in [0.5, 0.6) is 11.5 Å². The Hall–Kier alpha value is -2.14. The Morgan fingerprint density at radius 3 is 2.41 bits per heavy atom. The van der Waals surface area contributed by atoms with E-state index in [-0.39, 0.29) is 18.2 Å². The number of thiophene rings is 1. The van der Waals surface area contributed by atoms with Crippen LogP contribution in [0, 0.1) is 13.8 Å². The fraction of sp³-hybridized carbons (Fsp3) is 0.294. The number of aryl methyl sites for hydroxylation is 2. The zero-order valence-electron chi connectivity index (χ0n) is 13.1. The van der Waals surface area contributed by atoms with Crippen molar-refractivity contribution < 1.29 is 19.1 Å². The molecule has 2 rings (SSSR count). The summed E-state index contributed by atoms with van der Waals surface area (Å²) in [6, 6.07) is 6.79. The van der Waals surface area contributed by atoms with Crippen LogP contribution in [0.3, 0.4) is 0 Å². The minimum atomic E-state index is -0.0699.